The van der Waals surface area contributed by atoms with E-state index in [2.05, 4.69) is 20.5 Å². The summed E-state index contributed by atoms with van der Waals surface area (Å²) in [4.78, 5) is 16.7. The Bertz CT molecular complexity index is 654. The molecule has 0 aliphatic rings. The van der Waals surface area contributed by atoms with Gasteiger partial charge in [0.05, 0.1) is 5.69 Å². The highest BCUT2D eigenvalue weighted by atomic mass is 16.2. The fraction of sp³-hybridized carbons (Fsp3) is 0.571. The summed E-state index contributed by atoms with van der Waals surface area (Å²) in [5.74, 6) is 1.23. The molecule has 2 aromatic heterocycles. The molecule has 0 aliphatic heterocycles. The van der Waals surface area contributed by atoms with Crippen LogP contribution in [0.15, 0.2) is 6.07 Å². The normalized spacial score (nSPS) is 12.7. The standard InChI is InChI=1S/C14H22N6O/c1-8(2)12-15-14(19(6)18-12)16-13(21)11(5)20-10(4)7-9(3)17-20/h7-8,11H,1-6H3,(H,15,16,18,21). The van der Waals surface area contributed by atoms with Crippen LogP contribution in [0.2, 0.25) is 0 Å². The topological polar surface area (TPSA) is 77.6 Å². The predicted molar refractivity (Wildman–Crippen MR) is 80.1 cm³/mol. The predicted octanol–water partition coefficient (Wildman–Crippen LogP) is 1.95. The van der Waals surface area contributed by atoms with Crippen molar-refractivity contribution in [2.24, 2.45) is 7.05 Å². The second-order valence-electron chi connectivity index (χ2n) is 5.61. The molecule has 0 spiro atoms. The number of rotatable bonds is 4. The monoisotopic (exact) mass is 290 g/mol. The van der Waals surface area contributed by atoms with E-state index in [4.69, 9.17) is 0 Å². The quantitative estimate of drug-likeness (QED) is 0.933. The first kappa shape index (κ1) is 15.2. The number of anilines is 1. The van der Waals surface area contributed by atoms with Crippen molar-refractivity contribution in [3.8, 4) is 0 Å². The van der Waals surface area contributed by atoms with E-state index in [0.29, 0.717) is 11.8 Å². The van der Waals surface area contributed by atoms with Gasteiger partial charge >= 0.3 is 0 Å². The Morgan fingerprint density at radius 3 is 2.38 bits per heavy atom. The molecule has 0 radical (unpaired) electrons. The number of amides is 1. The summed E-state index contributed by atoms with van der Waals surface area (Å²) in [6.45, 7) is 9.68. The van der Waals surface area contributed by atoms with Crippen LogP contribution in [0.1, 0.15) is 49.9 Å². The van der Waals surface area contributed by atoms with E-state index in [1.165, 1.54) is 0 Å². The maximum absolute atomic E-state index is 12.4. The molecule has 1 amide bonds. The van der Waals surface area contributed by atoms with E-state index < -0.39 is 6.04 Å². The lowest BCUT2D eigenvalue weighted by Crippen LogP contribution is -2.26. The highest BCUT2D eigenvalue weighted by Gasteiger charge is 2.20. The molecule has 1 N–H and O–H groups in total. The van der Waals surface area contributed by atoms with Crippen molar-refractivity contribution in [3.05, 3.63) is 23.3 Å². The molecule has 2 heterocycles. The molecule has 7 nitrogen and oxygen atoms in total. The van der Waals surface area contributed by atoms with Crippen LogP contribution in [0, 0.1) is 13.8 Å². The zero-order valence-corrected chi connectivity index (χ0v) is 13.4. The van der Waals surface area contributed by atoms with Crippen LogP contribution in [0.4, 0.5) is 5.95 Å². The Hall–Kier alpha value is -2.18. The Morgan fingerprint density at radius 1 is 1.24 bits per heavy atom. The zero-order valence-electron chi connectivity index (χ0n) is 13.4. The lowest BCUT2D eigenvalue weighted by molar-refractivity contribution is -0.119. The SMILES string of the molecule is Cc1cc(C)n(C(C)C(=O)Nc2nc(C(C)C)nn2C)n1. The zero-order chi connectivity index (χ0) is 15.7. The highest BCUT2D eigenvalue weighted by Crippen LogP contribution is 2.15. The van der Waals surface area contributed by atoms with Crippen LogP contribution in [-0.4, -0.2) is 30.5 Å². The first-order valence-corrected chi connectivity index (χ1v) is 7.04. The molecule has 1 unspecified atom stereocenters. The summed E-state index contributed by atoms with van der Waals surface area (Å²) in [6.07, 6.45) is 0. The maximum atomic E-state index is 12.4. The van der Waals surface area contributed by atoms with Crippen LogP contribution in [-0.2, 0) is 11.8 Å². The van der Waals surface area contributed by atoms with Crippen molar-refractivity contribution in [1.29, 1.82) is 0 Å². The van der Waals surface area contributed by atoms with Crippen molar-refractivity contribution >= 4 is 11.9 Å². The van der Waals surface area contributed by atoms with Gasteiger partial charge in [-0.3, -0.25) is 14.8 Å². The minimum absolute atomic E-state index is 0.160. The Kier molecular flexibility index (Phi) is 4.11. The molecule has 21 heavy (non-hydrogen) atoms. The van der Waals surface area contributed by atoms with Gasteiger partial charge in [0.25, 0.3) is 5.91 Å². The summed E-state index contributed by atoms with van der Waals surface area (Å²) >= 11 is 0. The van der Waals surface area contributed by atoms with Crippen molar-refractivity contribution in [2.45, 2.75) is 46.6 Å². The van der Waals surface area contributed by atoms with Gasteiger partial charge in [-0.25, -0.2) is 4.68 Å². The summed E-state index contributed by atoms with van der Waals surface area (Å²) in [7, 11) is 1.77. The third kappa shape index (κ3) is 3.12. The number of hydrogen-bond donors (Lipinski definition) is 1. The Labute approximate surface area is 124 Å². The number of carbonyl (C=O) groups excluding carboxylic acids is 1. The molecule has 0 aliphatic carbocycles. The molecule has 0 fully saturated rings. The van der Waals surface area contributed by atoms with Crippen LogP contribution >= 0.6 is 0 Å². The molecule has 7 heteroatoms. The van der Waals surface area contributed by atoms with Gasteiger partial charge in [-0.2, -0.15) is 15.2 Å². The van der Waals surface area contributed by atoms with Crippen LogP contribution < -0.4 is 5.32 Å². The van der Waals surface area contributed by atoms with Crippen molar-refractivity contribution in [1.82, 2.24) is 24.5 Å². The highest BCUT2D eigenvalue weighted by molar-refractivity contribution is 5.91. The van der Waals surface area contributed by atoms with E-state index >= 15 is 0 Å². The molecular weight excluding hydrogens is 268 g/mol. The lowest BCUT2D eigenvalue weighted by Gasteiger charge is -2.13. The number of nitrogens with one attached hydrogen (secondary N) is 1. The van der Waals surface area contributed by atoms with E-state index in [9.17, 15) is 4.79 Å². The third-order valence-corrected chi connectivity index (χ3v) is 3.32. The van der Waals surface area contributed by atoms with Gasteiger partial charge in [0.2, 0.25) is 5.95 Å². The van der Waals surface area contributed by atoms with Crippen molar-refractivity contribution in [2.75, 3.05) is 5.32 Å². The smallest absolute Gasteiger partial charge is 0.251 e. The third-order valence-electron chi connectivity index (χ3n) is 3.32. The number of carbonyl (C=O) groups is 1. The molecule has 2 rings (SSSR count). The number of aromatic nitrogens is 5. The fourth-order valence-corrected chi connectivity index (χ4v) is 2.12. The number of aryl methyl sites for hydroxylation is 3. The molecule has 2 aromatic rings. The van der Waals surface area contributed by atoms with Crippen LogP contribution in [0.3, 0.4) is 0 Å². The van der Waals surface area contributed by atoms with Crippen LogP contribution in [0.5, 0.6) is 0 Å². The second-order valence-corrected chi connectivity index (χ2v) is 5.61. The summed E-state index contributed by atoms with van der Waals surface area (Å²) in [5.41, 5.74) is 1.85. The molecule has 0 saturated carbocycles. The van der Waals surface area contributed by atoms with Gasteiger partial charge in [0, 0.05) is 18.7 Å². The minimum Gasteiger partial charge on any atom is -0.293 e. The molecule has 114 valence electrons. The molecule has 1 atom stereocenters. The first-order chi connectivity index (χ1) is 9.79. The van der Waals surface area contributed by atoms with E-state index in [0.717, 1.165) is 11.4 Å². The Balaban J connectivity index is 2.16. The van der Waals surface area contributed by atoms with Gasteiger partial charge in [0.1, 0.15) is 6.04 Å². The van der Waals surface area contributed by atoms with Gasteiger partial charge < -0.3 is 0 Å². The van der Waals surface area contributed by atoms with Crippen LogP contribution in [0.25, 0.3) is 0 Å². The fourth-order valence-electron chi connectivity index (χ4n) is 2.12. The maximum Gasteiger partial charge on any atom is 0.251 e. The Morgan fingerprint density at radius 2 is 1.90 bits per heavy atom. The van der Waals surface area contributed by atoms with Crippen molar-refractivity contribution in [3.63, 3.8) is 0 Å². The van der Waals surface area contributed by atoms with E-state index in [1.807, 2.05) is 40.7 Å². The number of nitrogens with zero attached hydrogens (tertiary/aromatic N) is 5. The second kappa shape index (κ2) is 5.67. The summed E-state index contributed by atoms with van der Waals surface area (Å²) in [5, 5.41) is 11.4. The van der Waals surface area contributed by atoms with Crippen molar-refractivity contribution < 1.29 is 4.79 Å². The minimum atomic E-state index is -0.405. The van der Waals surface area contributed by atoms with Gasteiger partial charge in [-0.15, -0.1) is 0 Å². The first-order valence-electron chi connectivity index (χ1n) is 7.04. The average molecular weight is 290 g/mol. The van der Waals surface area contributed by atoms with Gasteiger partial charge in [-0.1, -0.05) is 13.8 Å². The average Bonchev–Trinajstić information content (AvgIpc) is 2.92. The van der Waals surface area contributed by atoms with Gasteiger partial charge in [-0.05, 0) is 26.8 Å². The summed E-state index contributed by atoms with van der Waals surface area (Å²) in [6, 6.07) is 1.54. The summed E-state index contributed by atoms with van der Waals surface area (Å²) < 4.78 is 3.30. The van der Waals surface area contributed by atoms with E-state index in [-0.39, 0.29) is 11.8 Å². The molecule has 0 bridgehead atoms. The van der Waals surface area contributed by atoms with Gasteiger partial charge in [0.15, 0.2) is 5.82 Å². The number of hydrogen-bond acceptors (Lipinski definition) is 4. The lowest BCUT2D eigenvalue weighted by atomic mass is 10.2. The molecule has 0 aromatic carbocycles. The largest absolute Gasteiger partial charge is 0.293 e. The molecular formula is C14H22N6O. The van der Waals surface area contributed by atoms with E-state index in [1.54, 1.807) is 16.4 Å². The molecule has 0 saturated heterocycles.